The monoisotopic (exact) mass is 239 g/mol. The largest absolute Gasteiger partial charge is 0.397 e. The zero-order valence-corrected chi connectivity index (χ0v) is 10.3. The van der Waals surface area contributed by atoms with Gasteiger partial charge in [-0.1, -0.05) is 0 Å². The van der Waals surface area contributed by atoms with Gasteiger partial charge in [0.15, 0.2) is 0 Å². The lowest BCUT2D eigenvalue weighted by atomic mass is 10.3. The molecule has 5 heteroatoms. The number of hydrogen-bond donors (Lipinski definition) is 2. The predicted molar refractivity (Wildman–Crippen MR) is 68.2 cm³/mol. The molecule has 16 heavy (non-hydrogen) atoms. The second kappa shape index (κ2) is 4.74. The van der Waals surface area contributed by atoms with Crippen molar-refractivity contribution in [1.82, 2.24) is 5.32 Å². The first kappa shape index (κ1) is 11.3. The zero-order valence-electron chi connectivity index (χ0n) is 9.45. The minimum absolute atomic E-state index is 0.0598. The van der Waals surface area contributed by atoms with Crippen LogP contribution in [0, 0.1) is 0 Å². The van der Waals surface area contributed by atoms with E-state index < -0.39 is 0 Å². The number of nitrogens with zero attached hydrogens (tertiary/aromatic N) is 1. The Bertz CT molecular complexity index is 383. The zero-order chi connectivity index (χ0) is 11.5. The standard InChI is InChI=1S/C11H17N3OS/c1-2-13-11(15)10-8(12)7-9(16-10)14-5-3-4-6-14/h7H,2-6,12H2,1H3,(H,13,15). The van der Waals surface area contributed by atoms with Gasteiger partial charge in [-0.05, 0) is 25.8 Å². The molecule has 0 aliphatic carbocycles. The van der Waals surface area contributed by atoms with Crippen molar-refractivity contribution in [3.8, 4) is 0 Å². The molecule has 1 aliphatic heterocycles. The molecule has 3 N–H and O–H groups in total. The molecule has 1 amide bonds. The summed E-state index contributed by atoms with van der Waals surface area (Å²) >= 11 is 1.49. The van der Waals surface area contributed by atoms with E-state index in [0.717, 1.165) is 18.1 Å². The van der Waals surface area contributed by atoms with Crippen LogP contribution in [0.1, 0.15) is 29.4 Å². The highest BCUT2D eigenvalue weighted by atomic mass is 32.1. The van der Waals surface area contributed by atoms with Crippen LogP contribution in [0.4, 0.5) is 10.7 Å². The average molecular weight is 239 g/mol. The van der Waals surface area contributed by atoms with E-state index in [1.165, 1.54) is 24.2 Å². The molecule has 1 aliphatic rings. The Balaban J connectivity index is 2.17. The number of amides is 1. The van der Waals surface area contributed by atoms with Crippen molar-refractivity contribution < 1.29 is 4.79 Å². The lowest BCUT2D eigenvalue weighted by molar-refractivity contribution is 0.0960. The summed E-state index contributed by atoms with van der Waals surface area (Å²) < 4.78 is 0. The number of rotatable bonds is 3. The Kier molecular flexibility index (Phi) is 3.33. The maximum absolute atomic E-state index is 11.7. The number of hydrogen-bond acceptors (Lipinski definition) is 4. The van der Waals surface area contributed by atoms with Crippen molar-refractivity contribution in [1.29, 1.82) is 0 Å². The molecule has 1 saturated heterocycles. The minimum Gasteiger partial charge on any atom is -0.397 e. The van der Waals surface area contributed by atoms with Gasteiger partial charge in [-0.25, -0.2) is 0 Å². The summed E-state index contributed by atoms with van der Waals surface area (Å²) in [6.45, 7) is 4.70. The van der Waals surface area contributed by atoms with Crippen molar-refractivity contribution in [2.45, 2.75) is 19.8 Å². The molecular formula is C11H17N3OS. The Morgan fingerprint density at radius 2 is 2.25 bits per heavy atom. The molecule has 1 fully saturated rings. The van der Waals surface area contributed by atoms with Crippen LogP contribution in [0.5, 0.6) is 0 Å². The fourth-order valence-electron chi connectivity index (χ4n) is 1.90. The molecule has 0 saturated carbocycles. The van der Waals surface area contributed by atoms with Gasteiger partial charge in [0.2, 0.25) is 0 Å². The normalized spacial score (nSPS) is 15.4. The van der Waals surface area contributed by atoms with Gasteiger partial charge in [0.1, 0.15) is 4.88 Å². The van der Waals surface area contributed by atoms with Crippen LogP contribution in [0.25, 0.3) is 0 Å². The first-order chi connectivity index (χ1) is 7.72. The van der Waals surface area contributed by atoms with Crippen LogP contribution in [0.15, 0.2) is 6.07 Å². The van der Waals surface area contributed by atoms with Gasteiger partial charge in [0.25, 0.3) is 5.91 Å². The number of nitrogen functional groups attached to an aromatic ring is 1. The summed E-state index contributed by atoms with van der Waals surface area (Å²) in [7, 11) is 0. The van der Waals surface area contributed by atoms with Crippen LogP contribution in [-0.4, -0.2) is 25.5 Å². The second-order valence-corrected chi connectivity index (χ2v) is 4.95. The Hall–Kier alpha value is -1.23. The molecule has 2 heterocycles. The van der Waals surface area contributed by atoms with Gasteiger partial charge in [0, 0.05) is 19.6 Å². The first-order valence-electron chi connectivity index (χ1n) is 5.65. The number of carbonyl (C=O) groups is 1. The summed E-state index contributed by atoms with van der Waals surface area (Å²) in [4.78, 5) is 14.6. The Morgan fingerprint density at radius 1 is 1.56 bits per heavy atom. The summed E-state index contributed by atoms with van der Waals surface area (Å²) in [6.07, 6.45) is 2.46. The van der Waals surface area contributed by atoms with Crippen molar-refractivity contribution in [2.24, 2.45) is 0 Å². The highest BCUT2D eigenvalue weighted by molar-refractivity contribution is 7.18. The van der Waals surface area contributed by atoms with E-state index in [9.17, 15) is 4.79 Å². The predicted octanol–water partition coefficient (Wildman–Crippen LogP) is 1.68. The molecule has 1 aromatic rings. The Labute approximate surface area is 99.4 Å². The average Bonchev–Trinajstić information content (AvgIpc) is 2.86. The van der Waals surface area contributed by atoms with E-state index in [0.29, 0.717) is 17.1 Å². The molecule has 2 rings (SSSR count). The maximum Gasteiger partial charge on any atom is 0.263 e. The van der Waals surface area contributed by atoms with Crippen molar-refractivity contribution in [3.05, 3.63) is 10.9 Å². The highest BCUT2D eigenvalue weighted by Gasteiger charge is 2.19. The van der Waals surface area contributed by atoms with Gasteiger partial charge >= 0.3 is 0 Å². The van der Waals surface area contributed by atoms with E-state index in [-0.39, 0.29) is 5.91 Å². The molecule has 0 unspecified atom stereocenters. The van der Waals surface area contributed by atoms with E-state index in [4.69, 9.17) is 5.73 Å². The molecular weight excluding hydrogens is 222 g/mol. The molecule has 0 aromatic carbocycles. The minimum atomic E-state index is -0.0598. The van der Waals surface area contributed by atoms with Crippen LogP contribution in [0.3, 0.4) is 0 Å². The van der Waals surface area contributed by atoms with E-state index in [2.05, 4.69) is 10.2 Å². The van der Waals surface area contributed by atoms with Crippen molar-refractivity contribution >= 4 is 27.9 Å². The fourth-order valence-corrected chi connectivity index (χ4v) is 2.95. The molecule has 0 spiro atoms. The quantitative estimate of drug-likeness (QED) is 0.843. The number of anilines is 2. The maximum atomic E-state index is 11.7. The third-order valence-electron chi connectivity index (χ3n) is 2.71. The van der Waals surface area contributed by atoms with Crippen molar-refractivity contribution in [2.75, 3.05) is 30.3 Å². The molecule has 4 nitrogen and oxygen atoms in total. The third-order valence-corrected chi connectivity index (χ3v) is 3.92. The van der Waals surface area contributed by atoms with E-state index in [1.807, 2.05) is 13.0 Å². The van der Waals surface area contributed by atoms with Crippen LogP contribution >= 0.6 is 11.3 Å². The highest BCUT2D eigenvalue weighted by Crippen LogP contribution is 2.33. The molecule has 0 bridgehead atoms. The summed E-state index contributed by atoms with van der Waals surface area (Å²) in [5, 5.41) is 3.90. The number of nitrogens with two attached hydrogens (primary N) is 1. The summed E-state index contributed by atoms with van der Waals surface area (Å²) in [5.41, 5.74) is 6.46. The SMILES string of the molecule is CCNC(=O)c1sc(N2CCCC2)cc1N. The van der Waals surface area contributed by atoms with Crippen LogP contribution in [0.2, 0.25) is 0 Å². The fraction of sp³-hybridized carbons (Fsp3) is 0.545. The first-order valence-corrected chi connectivity index (χ1v) is 6.46. The van der Waals surface area contributed by atoms with Gasteiger partial charge in [-0.15, -0.1) is 11.3 Å². The van der Waals surface area contributed by atoms with Gasteiger partial charge in [-0.3, -0.25) is 4.79 Å². The number of carbonyl (C=O) groups excluding carboxylic acids is 1. The van der Waals surface area contributed by atoms with Crippen LogP contribution < -0.4 is 16.0 Å². The Morgan fingerprint density at radius 3 is 2.88 bits per heavy atom. The van der Waals surface area contributed by atoms with E-state index in [1.54, 1.807) is 0 Å². The molecule has 88 valence electrons. The van der Waals surface area contributed by atoms with Gasteiger partial charge in [0.05, 0.1) is 10.7 Å². The summed E-state index contributed by atoms with van der Waals surface area (Å²) in [6, 6.07) is 1.92. The number of thiophene rings is 1. The van der Waals surface area contributed by atoms with Crippen LogP contribution in [-0.2, 0) is 0 Å². The van der Waals surface area contributed by atoms with Gasteiger partial charge in [-0.2, -0.15) is 0 Å². The van der Waals surface area contributed by atoms with Crippen molar-refractivity contribution in [3.63, 3.8) is 0 Å². The second-order valence-electron chi connectivity index (χ2n) is 3.92. The van der Waals surface area contributed by atoms with Gasteiger partial charge < -0.3 is 16.0 Å². The summed E-state index contributed by atoms with van der Waals surface area (Å²) in [5.74, 6) is -0.0598. The topological polar surface area (TPSA) is 58.4 Å². The molecule has 1 aromatic heterocycles. The lowest BCUT2D eigenvalue weighted by Crippen LogP contribution is -2.22. The third kappa shape index (κ3) is 2.14. The molecule has 0 atom stereocenters. The number of nitrogens with one attached hydrogen (secondary N) is 1. The lowest BCUT2D eigenvalue weighted by Gasteiger charge is -2.13. The molecule has 0 radical (unpaired) electrons. The van der Waals surface area contributed by atoms with E-state index >= 15 is 0 Å². The smallest absolute Gasteiger partial charge is 0.263 e.